The van der Waals surface area contributed by atoms with Crippen molar-refractivity contribution >= 4 is 54.9 Å². The molecule has 0 saturated heterocycles. The summed E-state index contributed by atoms with van der Waals surface area (Å²) in [5.41, 5.74) is 1.27. The molecule has 0 atom stereocenters. The van der Waals surface area contributed by atoms with E-state index in [0.717, 1.165) is 0 Å². The van der Waals surface area contributed by atoms with Crippen LogP contribution >= 0.6 is 34.4 Å². The van der Waals surface area contributed by atoms with Gasteiger partial charge < -0.3 is 4.98 Å². The third-order valence-corrected chi connectivity index (χ3v) is 6.33. The SMILES string of the molecule is CCn1c(SCc2nc3ccsc3c(=O)[nH]2)nc2ccsc2c1=O. The zero-order valence-electron chi connectivity index (χ0n) is 12.6. The maximum Gasteiger partial charge on any atom is 0.272 e. The van der Waals surface area contributed by atoms with E-state index in [1.54, 1.807) is 4.57 Å². The highest BCUT2D eigenvalue weighted by Crippen LogP contribution is 2.23. The number of hydrogen-bond donors (Lipinski definition) is 1. The molecule has 6 nitrogen and oxygen atoms in total. The molecule has 1 N–H and O–H groups in total. The molecule has 122 valence electrons. The van der Waals surface area contributed by atoms with Crippen molar-refractivity contribution in [1.29, 1.82) is 0 Å². The van der Waals surface area contributed by atoms with Crippen LogP contribution in [-0.4, -0.2) is 19.5 Å². The molecule has 0 aliphatic rings. The van der Waals surface area contributed by atoms with Gasteiger partial charge in [0.2, 0.25) is 0 Å². The number of nitrogens with one attached hydrogen (secondary N) is 1. The maximum absolute atomic E-state index is 12.5. The molecule has 0 spiro atoms. The molecule has 0 amide bonds. The van der Waals surface area contributed by atoms with Crippen molar-refractivity contribution in [3.8, 4) is 0 Å². The van der Waals surface area contributed by atoms with Gasteiger partial charge in [-0.3, -0.25) is 14.2 Å². The van der Waals surface area contributed by atoms with Crippen LogP contribution in [0.25, 0.3) is 20.4 Å². The predicted molar refractivity (Wildman–Crippen MR) is 99.4 cm³/mol. The van der Waals surface area contributed by atoms with Crippen LogP contribution in [0.4, 0.5) is 0 Å². The van der Waals surface area contributed by atoms with Crippen LogP contribution in [0, 0.1) is 0 Å². The molecule has 0 aromatic carbocycles. The Labute approximate surface area is 148 Å². The van der Waals surface area contributed by atoms with E-state index in [4.69, 9.17) is 0 Å². The summed E-state index contributed by atoms with van der Waals surface area (Å²) in [5.74, 6) is 1.03. The van der Waals surface area contributed by atoms with Gasteiger partial charge in [0.05, 0.1) is 16.8 Å². The minimum Gasteiger partial charge on any atom is -0.309 e. The Bertz CT molecular complexity index is 1150. The maximum atomic E-state index is 12.5. The van der Waals surface area contributed by atoms with Crippen LogP contribution in [0.3, 0.4) is 0 Å². The topological polar surface area (TPSA) is 80.6 Å². The second-order valence-corrected chi connectivity index (χ2v) is 7.79. The lowest BCUT2D eigenvalue weighted by molar-refractivity contribution is 0.635. The summed E-state index contributed by atoms with van der Waals surface area (Å²) < 4.78 is 2.96. The Morgan fingerprint density at radius 3 is 2.58 bits per heavy atom. The van der Waals surface area contributed by atoms with Crippen LogP contribution < -0.4 is 11.1 Å². The van der Waals surface area contributed by atoms with Gasteiger partial charge >= 0.3 is 0 Å². The Hall–Kier alpha value is -1.97. The van der Waals surface area contributed by atoms with E-state index < -0.39 is 0 Å². The fourth-order valence-electron chi connectivity index (χ4n) is 2.44. The average molecular weight is 376 g/mol. The number of nitrogens with zero attached hydrogens (tertiary/aromatic N) is 3. The van der Waals surface area contributed by atoms with Gasteiger partial charge in [-0.05, 0) is 29.8 Å². The van der Waals surface area contributed by atoms with Gasteiger partial charge in [-0.25, -0.2) is 9.97 Å². The number of H-pyrrole nitrogens is 1. The van der Waals surface area contributed by atoms with Crippen LogP contribution in [0.5, 0.6) is 0 Å². The number of rotatable bonds is 4. The summed E-state index contributed by atoms with van der Waals surface area (Å²) in [4.78, 5) is 36.4. The zero-order valence-corrected chi connectivity index (χ0v) is 15.1. The van der Waals surface area contributed by atoms with Gasteiger partial charge in [-0.15, -0.1) is 22.7 Å². The molecule has 0 unspecified atom stereocenters. The first-order chi connectivity index (χ1) is 11.7. The van der Waals surface area contributed by atoms with Crippen molar-refractivity contribution < 1.29 is 0 Å². The van der Waals surface area contributed by atoms with Gasteiger partial charge in [0, 0.05) is 6.54 Å². The largest absolute Gasteiger partial charge is 0.309 e. The van der Waals surface area contributed by atoms with Crippen LogP contribution in [0.2, 0.25) is 0 Å². The standard InChI is InChI=1S/C15H12N4O2S3/c1-2-19-14(21)12-9(4-6-23-12)17-15(19)24-7-10-16-8-3-5-22-11(8)13(20)18-10/h3-6H,2,7H2,1H3,(H,16,18,20). The molecule has 4 aromatic rings. The Kier molecular flexibility index (Phi) is 3.99. The third kappa shape index (κ3) is 2.58. The summed E-state index contributed by atoms with van der Waals surface area (Å²) in [6, 6.07) is 3.68. The minimum absolute atomic E-state index is 0.0188. The smallest absolute Gasteiger partial charge is 0.272 e. The van der Waals surface area contributed by atoms with Crippen LogP contribution in [0.15, 0.2) is 37.6 Å². The highest BCUT2D eigenvalue weighted by molar-refractivity contribution is 7.98. The van der Waals surface area contributed by atoms with Gasteiger partial charge in [0.15, 0.2) is 5.16 Å². The Morgan fingerprint density at radius 2 is 1.83 bits per heavy atom. The summed E-state index contributed by atoms with van der Waals surface area (Å²) in [6.45, 7) is 2.47. The summed E-state index contributed by atoms with van der Waals surface area (Å²) in [7, 11) is 0. The van der Waals surface area contributed by atoms with Gasteiger partial charge in [0.1, 0.15) is 15.2 Å². The summed E-state index contributed by atoms with van der Waals surface area (Å²) in [5, 5.41) is 4.36. The lowest BCUT2D eigenvalue weighted by Crippen LogP contribution is -2.21. The van der Waals surface area contributed by atoms with Crippen molar-refractivity contribution in [3.05, 3.63) is 49.4 Å². The molecule has 0 fully saturated rings. The molecular weight excluding hydrogens is 364 g/mol. The molecule has 9 heteroatoms. The van der Waals surface area contributed by atoms with Gasteiger partial charge in [0.25, 0.3) is 11.1 Å². The fraction of sp³-hybridized carbons (Fsp3) is 0.200. The second-order valence-electron chi connectivity index (χ2n) is 5.02. The van der Waals surface area contributed by atoms with Crippen molar-refractivity contribution in [2.75, 3.05) is 0 Å². The number of aromatic nitrogens is 4. The van der Waals surface area contributed by atoms with E-state index in [-0.39, 0.29) is 11.1 Å². The first kappa shape index (κ1) is 15.6. The Morgan fingerprint density at radius 1 is 1.12 bits per heavy atom. The van der Waals surface area contributed by atoms with Crippen LogP contribution in [-0.2, 0) is 12.3 Å². The number of aromatic amines is 1. The highest BCUT2D eigenvalue weighted by Gasteiger charge is 2.13. The number of hydrogen-bond acceptors (Lipinski definition) is 7. The average Bonchev–Trinajstić information content (AvgIpc) is 3.22. The second kappa shape index (κ2) is 6.15. The minimum atomic E-state index is -0.125. The van der Waals surface area contributed by atoms with E-state index in [9.17, 15) is 9.59 Å². The zero-order chi connectivity index (χ0) is 16.7. The molecule has 4 rings (SSSR count). The highest BCUT2D eigenvalue weighted by atomic mass is 32.2. The predicted octanol–water partition coefficient (Wildman–Crippen LogP) is 3.07. The van der Waals surface area contributed by atoms with Crippen molar-refractivity contribution in [2.45, 2.75) is 24.4 Å². The molecule has 0 bridgehead atoms. The molecule has 0 radical (unpaired) electrons. The number of thiophene rings is 2. The molecule has 24 heavy (non-hydrogen) atoms. The third-order valence-electron chi connectivity index (χ3n) is 3.55. The van der Waals surface area contributed by atoms with E-state index >= 15 is 0 Å². The summed E-state index contributed by atoms with van der Waals surface area (Å²) in [6.07, 6.45) is 0. The molecule has 4 aromatic heterocycles. The molecule has 0 saturated carbocycles. The van der Waals surface area contributed by atoms with Crippen molar-refractivity contribution in [1.82, 2.24) is 19.5 Å². The lowest BCUT2D eigenvalue weighted by atomic mass is 10.4. The van der Waals surface area contributed by atoms with Crippen LogP contribution in [0.1, 0.15) is 12.7 Å². The molecule has 4 heterocycles. The fourth-order valence-corrected chi connectivity index (χ4v) is 4.87. The molecule has 0 aliphatic carbocycles. The number of thioether (sulfide) groups is 1. The first-order valence-corrected chi connectivity index (χ1v) is 9.99. The van der Waals surface area contributed by atoms with E-state index in [2.05, 4.69) is 15.0 Å². The first-order valence-electron chi connectivity index (χ1n) is 7.24. The van der Waals surface area contributed by atoms with E-state index in [0.29, 0.717) is 43.7 Å². The quantitative estimate of drug-likeness (QED) is 0.437. The van der Waals surface area contributed by atoms with Crippen molar-refractivity contribution in [3.63, 3.8) is 0 Å². The molecular formula is C15H12N4O2S3. The van der Waals surface area contributed by atoms with Crippen molar-refractivity contribution in [2.24, 2.45) is 0 Å². The van der Waals surface area contributed by atoms with Gasteiger partial charge in [-0.1, -0.05) is 11.8 Å². The molecule has 0 aliphatic heterocycles. The number of fused-ring (bicyclic) bond motifs is 2. The normalized spacial score (nSPS) is 11.5. The summed E-state index contributed by atoms with van der Waals surface area (Å²) >= 11 is 4.19. The van der Waals surface area contributed by atoms with E-state index in [1.165, 1.54) is 34.4 Å². The Balaban J connectivity index is 1.71. The monoisotopic (exact) mass is 376 g/mol. The lowest BCUT2D eigenvalue weighted by Gasteiger charge is -2.09. The van der Waals surface area contributed by atoms with Gasteiger partial charge in [-0.2, -0.15) is 0 Å². The van der Waals surface area contributed by atoms with E-state index in [1.807, 2.05) is 29.8 Å².